The molecule has 0 aliphatic carbocycles. The van der Waals surface area contributed by atoms with Crippen molar-refractivity contribution in [2.45, 2.75) is 33.1 Å². The molecule has 12 aromatic heterocycles. The summed E-state index contributed by atoms with van der Waals surface area (Å²) in [7, 11) is 1.61. The number of para-hydroxylation sites is 4. The zero-order chi connectivity index (χ0) is 97.9. The standard InChI is InChI=1S/C26H26N8O3.C25H25N9O2.C24H23N9O2.C24H22N8O3/c1-2-37-22(36)16-33-17-27-23-24(33)29-26(30-25(23)34-21-6-4-3-5-18(21)15-28-34)32-13-11-31(12-14-32)19-7-9-20(35)10-8-19;1-26-21(36)15-33-16-27-22-23(33)29-25(30-24(22)34-20-5-3-2-4-17(20)14-28-34)32-12-10-31(11-13-32)18-6-8-19(35)9-7-18;25-20(35)14-32-15-26-21-22(32)28-24(29-23(21)33-19-4-2-1-3-16(19)13-27-33)31-11-9-30(10-12-31)17-5-7-18(34)8-6-17;33-18-7-5-17(6-8-18)29-9-11-30(12-10-29)24-27-22-21(25-15-31(22)14-20(34)35)23(28-24)32-19-4-2-1-3-16(19)13-26-32/h3-10,15,17,35H,2,11-14,16H2,1H3;2-9,14,16,35H,10-13,15H2,1H3,(H,26,36);1-8,13,15,34H,9-12,14H2,(H2,25,35);1-8,13,15,33H,9-12,14H2,(H,34,35). The number of primary amides is 1. The van der Waals surface area contributed by atoms with Crippen LogP contribution in [0.25, 0.3) is 112 Å². The van der Waals surface area contributed by atoms with Gasteiger partial charge in [-0.05, 0) is 128 Å². The maximum absolute atomic E-state index is 12.3. The van der Waals surface area contributed by atoms with E-state index in [4.69, 9.17) is 50.3 Å². The Hall–Kier alpha value is -18.7. The summed E-state index contributed by atoms with van der Waals surface area (Å²) in [6.07, 6.45) is 13.4. The van der Waals surface area contributed by atoms with Gasteiger partial charge in [-0.25, -0.2) is 38.7 Å². The number of nitrogens with two attached hydrogens (primary N) is 1. The van der Waals surface area contributed by atoms with Crippen LogP contribution in [0.15, 0.2) is 244 Å². The lowest BCUT2D eigenvalue weighted by molar-refractivity contribution is -0.143. The highest BCUT2D eigenvalue weighted by Crippen LogP contribution is 2.35. The van der Waals surface area contributed by atoms with Crippen molar-refractivity contribution in [3.05, 3.63) is 244 Å². The number of imidazole rings is 4. The number of rotatable bonds is 21. The molecule has 8 aromatic carbocycles. The predicted molar refractivity (Wildman–Crippen MR) is 537 cm³/mol. The lowest BCUT2D eigenvalue weighted by Crippen LogP contribution is -2.47. The van der Waals surface area contributed by atoms with Crippen molar-refractivity contribution in [2.24, 2.45) is 5.73 Å². The zero-order valence-corrected chi connectivity index (χ0v) is 77.6. The Balaban J connectivity index is 0.000000113. The fourth-order valence-electron chi connectivity index (χ4n) is 18.1. The van der Waals surface area contributed by atoms with E-state index in [0.29, 0.717) is 138 Å². The first-order chi connectivity index (χ1) is 69.8. The van der Waals surface area contributed by atoms with Crippen molar-refractivity contribution in [1.82, 2.24) is 123 Å². The summed E-state index contributed by atoms with van der Waals surface area (Å²) in [6, 6.07) is 60.4. The van der Waals surface area contributed by atoms with Gasteiger partial charge in [-0.3, -0.25) is 19.2 Å². The number of piperazine rings is 4. The van der Waals surface area contributed by atoms with Gasteiger partial charge in [0.1, 0.15) is 49.2 Å². The number of benzene rings is 8. The van der Waals surface area contributed by atoms with Gasteiger partial charge in [-0.1, -0.05) is 72.8 Å². The second-order valence-corrected chi connectivity index (χ2v) is 34.3. The van der Waals surface area contributed by atoms with E-state index in [0.717, 1.165) is 132 Å². The lowest BCUT2D eigenvalue weighted by atomic mass is 10.2. The van der Waals surface area contributed by atoms with Gasteiger partial charge in [-0.2, -0.15) is 60.3 Å². The molecule has 16 heterocycles. The molecule has 0 unspecified atom stereocenters. The summed E-state index contributed by atoms with van der Waals surface area (Å²) < 4.78 is 18.8. The second kappa shape index (κ2) is 39.4. The van der Waals surface area contributed by atoms with Crippen LogP contribution in [-0.4, -0.2) is 285 Å². The molecule has 4 saturated heterocycles. The molecule has 0 spiro atoms. The SMILES string of the molecule is CCOC(=O)Cn1cnc2c(-n3ncc4ccccc43)nc(N3CCN(c4ccc(O)cc4)CC3)nc21.CNC(=O)Cn1cnc2c(-n3ncc4ccccc43)nc(N3CCN(c4ccc(O)cc4)CC3)nc21.NC(=O)Cn1cnc2c(-n3ncc4ccccc43)nc(N3CCN(c4ccc(O)cc4)CC3)nc21.O=C(O)Cn1cnc2c(-n3ncc4ccccc43)nc(N3CCN(c4ccc(O)cc4)CC3)nc21. The molecule has 0 saturated carbocycles. The van der Waals surface area contributed by atoms with Crippen molar-refractivity contribution in [3.63, 3.8) is 0 Å². The van der Waals surface area contributed by atoms with Gasteiger partial charge < -0.3 is 98.8 Å². The molecule has 44 heteroatoms. The molecule has 4 aliphatic heterocycles. The van der Waals surface area contributed by atoms with Crippen LogP contribution in [0, 0.1) is 0 Å². The van der Waals surface area contributed by atoms with Crippen molar-refractivity contribution < 1.29 is 49.4 Å². The van der Waals surface area contributed by atoms with Gasteiger partial charge in [0, 0.05) is 156 Å². The number of nitrogens with one attached hydrogen (secondary N) is 1. The Morgan fingerprint density at radius 3 is 0.818 bits per heavy atom. The largest absolute Gasteiger partial charge is 0.508 e. The summed E-state index contributed by atoms with van der Waals surface area (Å²) in [5.41, 5.74) is 17.6. The predicted octanol–water partition coefficient (Wildman–Crippen LogP) is 8.67. The number of fused-ring (bicyclic) bond motifs is 8. The number of aliphatic carboxylic acids is 1. The number of esters is 1. The van der Waals surface area contributed by atoms with Crippen LogP contribution in [0.1, 0.15) is 6.92 Å². The molecule has 0 radical (unpaired) electrons. The van der Waals surface area contributed by atoms with Crippen molar-refractivity contribution >= 4 is 159 Å². The number of hydrogen-bond donors (Lipinski definition) is 7. The smallest absolute Gasteiger partial charge is 0.326 e. The van der Waals surface area contributed by atoms with Gasteiger partial charge in [0.05, 0.1) is 78.8 Å². The molecule has 722 valence electrons. The fourth-order valence-corrected chi connectivity index (χ4v) is 18.1. The van der Waals surface area contributed by atoms with E-state index in [-0.39, 0.29) is 61.1 Å². The quantitative estimate of drug-likeness (QED) is 0.0331. The maximum atomic E-state index is 12.3. The minimum atomic E-state index is -0.974. The zero-order valence-electron chi connectivity index (χ0n) is 77.6. The number of carboxylic acids is 1. The molecule has 4 aliphatic rings. The number of amides is 2. The number of carboxylic acid groups (broad SMARTS) is 1. The molecule has 0 bridgehead atoms. The Morgan fingerprint density at radius 2 is 0.566 bits per heavy atom. The van der Waals surface area contributed by atoms with E-state index >= 15 is 0 Å². The van der Waals surface area contributed by atoms with Crippen LogP contribution in [0.2, 0.25) is 0 Å². The first-order valence-corrected chi connectivity index (χ1v) is 46.5. The van der Waals surface area contributed by atoms with E-state index in [2.05, 4.69) is 84.8 Å². The first-order valence-electron chi connectivity index (χ1n) is 46.5. The summed E-state index contributed by atoms with van der Waals surface area (Å²) in [5.74, 6) is 3.44. The Kier molecular flexibility index (Phi) is 25.0. The number of phenolic OH excluding ortho intramolecular Hbond substituents is 4. The average molecular weight is 1920 g/mol. The molecular formula is C99H96N34O10. The minimum Gasteiger partial charge on any atom is -0.508 e. The number of ether oxygens (including phenoxy) is 1. The second-order valence-electron chi connectivity index (χ2n) is 34.3. The highest BCUT2D eigenvalue weighted by molar-refractivity contribution is 5.92. The fraction of sp³-hybridized carbons (Fsp3) is 0.232. The van der Waals surface area contributed by atoms with Crippen LogP contribution < -0.4 is 50.2 Å². The van der Waals surface area contributed by atoms with E-state index in [1.165, 1.54) is 10.9 Å². The molecule has 0 atom stereocenters. The number of aromatic hydroxyl groups is 4. The number of nitrogens with zero attached hydrogens (tertiary/aromatic N) is 32. The molecule has 8 N–H and O–H groups in total. The van der Waals surface area contributed by atoms with Gasteiger partial charge in [0.25, 0.3) is 0 Å². The highest BCUT2D eigenvalue weighted by Gasteiger charge is 2.32. The van der Waals surface area contributed by atoms with E-state index in [9.17, 15) is 44.7 Å². The number of likely N-dealkylation sites (N-methyl/N-ethyl adjacent to an activating group) is 1. The third kappa shape index (κ3) is 18.8. The van der Waals surface area contributed by atoms with Crippen LogP contribution in [0.4, 0.5) is 46.5 Å². The Bertz CT molecular complexity index is 7830. The topological polar surface area (TPSA) is 488 Å². The number of carbonyl (C=O) groups excluding carboxylic acids is 3. The number of aromatic nitrogens is 24. The Labute approximate surface area is 813 Å². The molecule has 44 nitrogen and oxygen atoms in total. The molecule has 24 rings (SSSR count). The monoisotopic (exact) mass is 1920 g/mol. The highest BCUT2D eigenvalue weighted by atomic mass is 16.5. The van der Waals surface area contributed by atoms with Crippen LogP contribution >= 0.6 is 0 Å². The van der Waals surface area contributed by atoms with E-state index in [1.54, 1.807) is 139 Å². The summed E-state index contributed by atoms with van der Waals surface area (Å²) in [5, 5.41) is 72.6. The average Bonchev–Trinajstić information content (AvgIpc) is 1.63. The normalized spacial score (nSPS) is 14.1. The Morgan fingerprint density at radius 1 is 0.322 bits per heavy atom. The third-order valence-corrected chi connectivity index (χ3v) is 25.4. The van der Waals surface area contributed by atoms with Crippen LogP contribution in [-0.2, 0) is 50.1 Å². The third-order valence-electron chi connectivity index (χ3n) is 25.4. The van der Waals surface area contributed by atoms with E-state index < -0.39 is 11.9 Å². The molecule has 143 heavy (non-hydrogen) atoms. The summed E-state index contributed by atoms with van der Waals surface area (Å²) in [6.45, 7) is 13.7. The molecule has 4 fully saturated rings. The van der Waals surface area contributed by atoms with Crippen molar-refractivity contribution in [2.75, 3.05) is 158 Å². The van der Waals surface area contributed by atoms with Crippen molar-refractivity contribution in [1.29, 1.82) is 0 Å². The minimum absolute atomic E-state index is 0.00865. The van der Waals surface area contributed by atoms with Crippen LogP contribution in [0.3, 0.4) is 0 Å². The number of phenols is 4. The molecule has 20 aromatic rings. The van der Waals surface area contributed by atoms with Gasteiger partial charge in [0.15, 0.2) is 67.9 Å². The molecular weight excluding hydrogens is 1830 g/mol. The first kappa shape index (κ1) is 90.8. The maximum Gasteiger partial charge on any atom is 0.326 e. The van der Waals surface area contributed by atoms with Gasteiger partial charge in [0.2, 0.25) is 35.6 Å². The van der Waals surface area contributed by atoms with Gasteiger partial charge >= 0.3 is 11.9 Å². The lowest BCUT2D eigenvalue weighted by Gasteiger charge is -2.36. The number of anilines is 8. The number of hydrogen-bond acceptors (Lipinski definition) is 33. The van der Waals surface area contributed by atoms with Crippen molar-refractivity contribution in [3.8, 4) is 46.3 Å². The number of carbonyl (C=O) groups is 4. The van der Waals surface area contributed by atoms with Crippen LogP contribution in [0.5, 0.6) is 23.0 Å². The van der Waals surface area contributed by atoms with Gasteiger partial charge in [-0.15, -0.1) is 0 Å². The summed E-state index contributed by atoms with van der Waals surface area (Å²) in [4.78, 5) is 122. The van der Waals surface area contributed by atoms with E-state index in [1.807, 2.05) is 146 Å². The molecule has 2 amide bonds. The summed E-state index contributed by atoms with van der Waals surface area (Å²) >= 11 is 0.